The molecular formula is C19H29N. The van der Waals surface area contributed by atoms with Crippen molar-refractivity contribution >= 4 is 11.4 Å². The lowest BCUT2D eigenvalue weighted by Gasteiger charge is -2.08. The van der Waals surface area contributed by atoms with E-state index < -0.39 is 0 Å². The van der Waals surface area contributed by atoms with E-state index in [1.54, 1.807) is 0 Å². The maximum atomic E-state index is 4.93. The van der Waals surface area contributed by atoms with E-state index in [1.165, 1.54) is 36.1 Å². The summed E-state index contributed by atoms with van der Waals surface area (Å²) in [5, 5.41) is 0. The van der Waals surface area contributed by atoms with Crippen LogP contribution in [0.25, 0.3) is 5.70 Å². The van der Waals surface area contributed by atoms with Crippen LogP contribution in [0.4, 0.5) is 0 Å². The third kappa shape index (κ3) is 5.73. The molecule has 0 aromatic heterocycles. The molecular weight excluding hydrogens is 242 g/mol. The first kappa shape index (κ1) is 16.7. The molecule has 1 aromatic carbocycles. The van der Waals surface area contributed by atoms with Crippen LogP contribution in [0.2, 0.25) is 0 Å². The molecule has 0 atom stereocenters. The van der Waals surface area contributed by atoms with Crippen molar-refractivity contribution in [3.05, 3.63) is 41.5 Å². The van der Waals surface area contributed by atoms with Gasteiger partial charge in [0.1, 0.15) is 0 Å². The molecule has 0 fully saturated rings. The Morgan fingerprint density at radius 2 is 1.75 bits per heavy atom. The van der Waals surface area contributed by atoms with E-state index >= 15 is 0 Å². The number of hydrogen-bond donors (Lipinski definition) is 0. The number of unbranched alkanes of at least 4 members (excludes halogenated alkanes) is 2. The highest BCUT2D eigenvalue weighted by atomic mass is 14.8. The van der Waals surface area contributed by atoms with E-state index in [0.29, 0.717) is 0 Å². The van der Waals surface area contributed by atoms with Crippen molar-refractivity contribution in [2.24, 2.45) is 4.99 Å². The Bertz CT molecular complexity index is 437. The molecule has 0 aliphatic heterocycles. The summed E-state index contributed by atoms with van der Waals surface area (Å²) in [4.78, 5) is 4.93. The Balaban J connectivity index is 2.89. The number of allylic oxidation sites excluding steroid dienone is 1. The van der Waals surface area contributed by atoms with Gasteiger partial charge in [-0.15, -0.1) is 0 Å². The van der Waals surface area contributed by atoms with Crippen LogP contribution in [0, 0.1) is 6.92 Å². The van der Waals surface area contributed by atoms with Crippen LogP contribution in [-0.4, -0.2) is 5.71 Å². The lowest BCUT2D eigenvalue weighted by atomic mass is 10.1. The normalized spacial score (nSPS) is 12.8. The van der Waals surface area contributed by atoms with E-state index in [4.69, 9.17) is 4.99 Å². The Kier molecular flexibility index (Phi) is 7.94. The molecule has 0 saturated carbocycles. The molecule has 1 aromatic rings. The fraction of sp³-hybridized carbons (Fsp3) is 0.526. The summed E-state index contributed by atoms with van der Waals surface area (Å²) in [6, 6.07) is 8.69. The zero-order valence-corrected chi connectivity index (χ0v) is 13.6. The van der Waals surface area contributed by atoms with Crippen LogP contribution in [-0.2, 0) is 0 Å². The van der Waals surface area contributed by atoms with Crippen molar-refractivity contribution in [3.8, 4) is 0 Å². The molecule has 0 amide bonds. The van der Waals surface area contributed by atoms with E-state index in [2.05, 4.69) is 58.0 Å². The second kappa shape index (κ2) is 9.52. The maximum Gasteiger partial charge on any atom is 0.0661 e. The molecule has 110 valence electrons. The Labute approximate surface area is 124 Å². The van der Waals surface area contributed by atoms with Gasteiger partial charge in [-0.25, -0.2) is 0 Å². The van der Waals surface area contributed by atoms with Crippen LogP contribution in [0.1, 0.15) is 70.4 Å². The van der Waals surface area contributed by atoms with Gasteiger partial charge in [0.25, 0.3) is 0 Å². The first-order chi connectivity index (χ1) is 9.71. The summed E-state index contributed by atoms with van der Waals surface area (Å²) < 4.78 is 0. The number of rotatable bonds is 8. The van der Waals surface area contributed by atoms with E-state index in [0.717, 1.165) is 25.0 Å². The zero-order valence-electron chi connectivity index (χ0n) is 13.6. The fourth-order valence-corrected chi connectivity index (χ4v) is 2.21. The molecule has 0 N–H and O–H groups in total. The van der Waals surface area contributed by atoms with E-state index in [-0.39, 0.29) is 0 Å². The summed E-state index contributed by atoms with van der Waals surface area (Å²) >= 11 is 0. The number of aliphatic imine (C=N–C) groups is 1. The Hall–Kier alpha value is -1.37. The molecule has 0 aliphatic carbocycles. The zero-order chi connectivity index (χ0) is 14.8. The molecule has 0 saturated heterocycles. The van der Waals surface area contributed by atoms with Gasteiger partial charge in [0, 0.05) is 5.71 Å². The molecule has 1 heteroatoms. The van der Waals surface area contributed by atoms with Gasteiger partial charge in [0.15, 0.2) is 0 Å². The SMILES string of the molecule is CC/C=C(\N=C(CC)CCCCC)c1ccc(C)cc1. The first-order valence-corrected chi connectivity index (χ1v) is 8.04. The fourth-order valence-electron chi connectivity index (χ4n) is 2.21. The average molecular weight is 271 g/mol. The van der Waals surface area contributed by atoms with Gasteiger partial charge in [-0.2, -0.15) is 0 Å². The monoisotopic (exact) mass is 271 g/mol. The van der Waals surface area contributed by atoms with Crippen LogP contribution in [0.3, 0.4) is 0 Å². The maximum absolute atomic E-state index is 4.93. The van der Waals surface area contributed by atoms with Gasteiger partial charge in [0.2, 0.25) is 0 Å². The van der Waals surface area contributed by atoms with Crippen LogP contribution >= 0.6 is 0 Å². The largest absolute Gasteiger partial charge is 0.258 e. The highest BCUT2D eigenvalue weighted by Gasteiger charge is 2.02. The van der Waals surface area contributed by atoms with E-state index in [9.17, 15) is 0 Å². The van der Waals surface area contributed by atoms with Crippen molar-refractivity contribution in [1.82, 2.24) is 0 Å². The topological polar surface area (TPSA) is 12.4 Å². The third-order valence-electron chi connectivity index (χ3n) is 3.50. The van der Waals surface area contributed by atoms with Crippen molar-refractivity contribution in [1.29, 1.82) is 0 Å². The highest BCUT2D eigenvalue weighted by molar-refractivity contribution is 5.89. The summed E-state index contributed by atoms with van der Waals surface area (Å²) in [6.45, 7) is 8.76. The lowest BCUT2D eigenvalue weighted by Crippen LogP contribution is -1.97. The molecule has 1 rings (SSSR count). The minimum atomic E-state index is 1.03. The molecule has 0 radical (unpaired) electrons. The minimum Gasteiger partial charge on any atom is -0.258 e. The molecule has 0 aliphatic rings. The van der Waals surface area contributed by atoms with Crippen molar-refractivity contribution in [2.75, 3.05) is 0 Å². The van der Waals surface area contributed by atoms with Gasteiger partial charge in [-0.05, 0) is 38.2 Å². The van der Waals surface area contributed by atoms with Gasteiger partial charge in [-0.3, -0.25) is 4.99 Å². The van der Waals surface area contributed by atoms with Crippen LogP contribution in [0.5, 0.6) is 0 Å². The third-order valence-corrected chi connectivity index (χ3v) is 3.50. The summed E-state index contributed by atoms with van der Waals surface area (Å²) in [6.07, 6.45) is 9.28. The first-order valence-electron chi connectivity index (χ1n) is 8.04. The second-order valence-corrected chi connectivity index (χ2v) is 5.35. The Morgan fingerprint density at radius 3 is 2.30 bits per heavy atom. The average Bonchev–Trinajstić information content (AvgIpc) is 2.46. The number of benzene rings is 1. The van der Waals surface area contributed by atoms with Crippen LogP contribution < -0.4 is 0 Å². The molecule has 1 nitrogen and oxygen atoms in total. The van der Waals surface area contributed by atoms with Gasteiger partial charge < -0.3 is 0 Å². The second-order valence-electron chi connectivity index (χ2n) is 5.35. The molecule has 0 spiro atoms. The quantitative estimate of drug-likeness (QED) is 0.395. The molecule has 0 unspecified atom stereocenters. The number of nitrogens with zero attached hydrogens (tertiary/aromatic N) is 1. The number of hydrogen-bond acceptors (Lipinski definition) is 1. The summed E-state index contributed by atoms with van der Waals surface area (Å²) in [7, 11) is 0. The van der Waals surface area contributed by atoms with Crippen LogP contribution in [0.15, 0.2) is 35.3 Å². The lowest BCUT2D eigenvalue weighted by molar-refractivity contribution is 0.738. The molecule has 20 heavy (non-hydrogen) atoms. The molecule has 0 heterocycles. The summed E-state index contributed by atoms with van der Waals surface area (Å²) in [5.74, 6) is 0. The Morgan fingerprint density at radius 1 is 1.05 bits per heavy atom. The van der Waals surface area contributed by atoms with E-state index in [1.807, 2.05) is 0 Å². The van der Waals surface area contributed by atoms with Gasteiger partial charge in [0.05, 0.1) is 5.70 Å². The predicted molar refractivity (Wildman–Crippen MR) is 91.3 cm³/mol. The highest BCUT2D eigenvalue weighted by Crippen LogP contribution is 2.19. The minimum absolute atomic E-state index is 1.03. The van der Waals surface area contributed by atoms with Crippen molar-refractivity contribution < 1.29 is 0 Å². The van der Waals surface area contributed by atoms with Gasteiger partial charge in [-0.1, -0.05) is 69.5 Å². The standard InChI is InChI=1S/C19H29N/c1-5-8-9-11-18(7-3)20-19(10-6-2)17-14-12-16(4)13-15-17/h10,12-15H,5-9,11H2,1-4H3/b19-10-,20-18?. The van der Waals surface area contributed by atoms with Crippen molar-refractivity contribution in [2.45, 2.75) is 66.2 Å². The van der Waals surface area contributed by atoms with Gasteiger partial charge >= 0.3 is 0 Å². The smallest absolute Gasteiger partial charge is 0.0661 e. The summed E-state index contributed by atoms with van der Waals surface area (Å²) in [5.41, 5.74) is 5.01. The van der Waals surface area contributed by atoms with Crippen molar-refractivity contribution in [3.63, 3.8) is 0 Å². The number of aryl methyl sites for hydroxylation is 1. The predicted octanol–water partition coefficient (Wildman–Crippen LogP) is 6.18. The molecule has 0 bridgehead atoms.